The lowest BCUT2D eigenvalue weighted by atomic mass is 9.89. The van der Waals surface area contributed by atoms with Crippen molar-refractivity contribution in [3.05, 3.63) is 58.1 Å². The van der Waals surface area contributed by atoms with E-state index in [-0.39, 0.29) is 0 Å². The Morgan fingerprint density at radius 2 is 1.73 bits per heavy atom. The van der Waals surface area contributed by atoms with E-state index in [9.17, 15) is 0 Å². The van der Waals surface area contributed by atoms with E-state index in [0.29, 0.717) is 12.0 Å². The second kappa shape index (κ2) is 5.45. The SMILES string of the molecule is CN1CC[C@@H]2[C@@H](C1)c1cc(Cl)ccc1N2c1ccc(Cl)cc1. The molecule has 1 saturated heterocycles. The van der Waals surface area contributed by atoms with Crippen molar-refractivity contribution in [3.8, 4) is 0 Å². The van der Waals surface area contributed by atoms with Gasteiger partial charge in [-0.25, -0.2) is 0 Å². The third-order valence-electron chi connectivity index (χ3n) is 4.86. The number of nitrogens with zero attached hydrogens (tertiary/aromatic N) is 2. The highest BCUT2D eigenvalue weighted by atomic mass is 35.5. The van der Waals surface area contributed by atoms with Crippen LogP contribution in [0.3, 0.4) is 0 Å². The van der Waals surface area contributed by atoms with Crippen molar-refractivity contribution in [2.24, 2.45) is 0 Å². The Kier molecular flexibility index (Phi) is 3.56. The lowest BCUT2D eigenvalue weighted by molar-refractivity contribution is 0.236. The molecule has 4 rings (SSSR count). The van der Waals surface area contributed by atoms with Gasteiger partial charge in [-0.05, 0) is 68.0 Å². The summed E-state index contributed by atoms with van der Waals surface area (Å²) >= 11 is 12.3. The van der Waals surface area contributed by atoms with Gasteiger partial charge in [-0.15, -0.1) is 0 Å². The summed E-state index contributed by atoms with van der Waals surface area (Å²) in [6, 6.07) is 15.0. The van der Waals surface area contributed by atoms with Crippen LogP contribution in [-0.4, -0.2) is 31.1 Å². The minimum atomic E-state index is 0.505. The van der Waals surface area contributed by atoms with Crippen LogP contribution in [0.2, 0.25) is 10.0 Å². The third-order valence-corrected chi connectivity index (χ3v) is 5.35. The molecule has 0 aliphatic carbocycles. The summed E-state index contributed by atoms with van der Waals surface area (Å²) in [5.74, 6) is 0.517. The summed E-state index contributed by atoms with van der Waals surface area (Å²) in [5.41, 5.74) is 3.88. The highest BCUT2D eigenvalue weighted by Crippen LogP contribution is 2.48. The summed E-state index contributed by atoms with van der Waals surface area (Å²) < 4.78 is 0. The number of fused-ring (bicyclic) bond motifs is 3. The molecule has 0 radical (unpaired) electrons. The summed E-state index contributed by atoms with van der Waals surface area (Å²) in [4.78, 5) is 4.89. The monoisotopic (exact) mass is 332 g/mol. The quantitative estimate of drug-likeness (QED) is 0.730. The van der Waals surface area contributed by atoms with Gasteiger partial charge in [-0.1, -0.05) is 23.2 Å². The van der Waals surface area contributed by atoms with Crippen LogP contribution in [0.5, 0.6) is 0 Å². The molecule has 1 fully saturated rings. The minimum Gasteiger partial charge on any atom is -0.337 e. The van der Waals surface area contributed by atoms with E-state index in [1.165, 1.54) is 16.9 Å². The van der Waals surface area contributed by atoms with Crippen LogP contribution < -0.4 is 4.90 Å². The van der Waals surface area contributed by atoms with Crippen molar-refractivity contribution >= 4 is 34.6 Å². The summed E-state index contributed by atoms with van der Waals surface area (Å²) in [6.45, 7) is 2.22. The first-order valence-electron chi connectivity index (χ1n) is 7.66. The number of piperidine rings is 1. The number of halogens is 2. The molecule has 0 amide bonds. The van der Waals surface area contributed by atoms with E-state index in [2.05, 4.69) is 41.1 Å². The fourth-order valence-corrected chi connectivity index (χ4v) is 4.18. The Balaban J connectivity index is 1.83. The molecule has 0 unspecified atom stereocenters. The number of hydrogen-bond donors (Lipinski definition) is 0. The van der Waals surface area contributed by atoms with Crippen molar-refractivity contribution in [1.29, 1.82) is 0 Å². The van der Waals surface area contributed by atoms with Crippen molar-refractivity contribution in [3.63, 3.8) is 0 Å². The highest BCUT2D eigenvalue weighted by molar-refractivity contribution is 6.31. The molecule has 0 aromatic heterocycles. The molecule has 0 spiro atoms. The first kappa shape index (κ1) is 14.4. The zero-order chi connectivity index (χ0) is 15.3. The topological polar surface area (TPSA) is 6.48 Å². The van der Waals surface area contributed by atoms with Crippen LogP contribution in [0, 0.1) is 0 Å². The molecular formula is C18H18Cl2N2. The molecule has 0 N–H and O–H groups in total. The largest absolute Gasteiger partial charge is 0.337 e. The number of likely N-dealkylation sites (N-methyl/N-ethyl adjacent to an activating group) is 1. The van der Waals surface area contributed by atoms with Crippen LogP contribution in [0.25, 0.3) is 0 Å². The van der Waals surface area contributed by atoms with Crippen LogP contribution in [0.1, 0.15) is 17.9 Å². The molecule has 114 valence electrons. The second-order valence-electron chi connectivity index (χ2n) is 6.27. The third kappa shape index (κ3) is 2.30. The van der Waals surface area contributed by atoms with E-state index in [1.54, 1.807) is 0 Å². The zero-order valence-electron chi connectivity index (χ0n) is 12.5. The molecule has 2 aliphatic heterocycles. The Hall–Kier alpha value is -1.22. The molecule has 2 atom stereocenters. The molecule has 0 saturated carbocycles. The molecule has 4 heteroatoms. The van der Waals surface area contributed by atoms with Gasteiger partial charge < -0.3 is 9.80 Å². The predicted molar refractivity (Wildman–Crippen MR) is 93.7 cm³/mol. The molecule has 2 heterocycles. The molecule has 22 heavy (non-hydrogen) atoms. The van der Waals surface area contributed by atoms with Crippen LogP contribution >= 0.6 is 23.2 Å². The van der Waals surface area contributed by atoms with Gasteiger partial charge in [-0.3, -0.25) is 0 Å². The zero-order valence-corrected chi connectivity index (χ0v) is 14.0. The van der Waals surface area contributed by atoms with Gasteiger partial charge in [0.1, 0.15) is 0 Å². The minimum absolute atomic E-state index is 0.505. The number of likely N-dealkylation sites (tertiary alicyclic amines) is 1. The summed E-state index contributed by atoms with van der Waals surface area (Å²) in [5, 5.41) is 1.60. The van der Waals surface area contributed by atoms with Crippen LogP contribution in [-0.2, 0) is 0 Å². The van der Waals surface area contributed by atoms with E-state index < -0.39 is 0 Å². The van der Waals surface area contributed by atoms with Crippen molar-refractivity contribution in [2.75, 3.05) is 25.0 Å². The average Bonchev–Trinajstić information content (AvgIpc) is 2.81. The van der Waals surface area contributed by atoms with E-state index in [4.69, 9.17) is 23.2 Å². The molecule has 2 nitrogen and oxygen atoms in total. The summed E-state index contributed by atoms with van der Waals surface area (Å²) in [6.07, 6.45) is 1.16. The second-order valence-corrected chi connectivity index (χ2v) is 7.15. The number of benzene rings is 2. The number of anilines is 2. The van der Waals surface area contributed by atoms with E-state index in [0.717, 1.165) is 29.6 Å². The Bertz CT molecular complexity index is 699. The molecule has 2 aliphatic rings. The molecule has 2 aromatic rings. The normalized spacial score (nSPS) is 24.2. The maximum Gasteiger partial charge on any atom is 0.0451 e. The average molecular weight is 333 g/mol. The van der Waals surface area contributed by atoms with Gasteiger partial charge in [-0.2, -0.15) is 0 Å². The standard InChI is InChI=1S/C18H18Cl2N2/c1-21-9-8-18-16(11-21)15-10-13(20)4-7-17(15)22(18)14-5-2-12(19)3-6-14/h2-7,10,16,18H,8-9,11H2,1H3/t16-,18+/m0/s1. The maximum absolute atomic E-state index is 6.26. The Morgan fingerprint density at radius 1 is 1.00 bits per heavy atom. The Labute approximate surface area is 141 Å². The van der Waals surface area contributed by atoms with Gasteiger partial charge in [0.25, 0.3) is 0 Å². The van der Waals surface area contributed by atoms with Gasteiger partial charge >= 0.3 is 0 Å². The maximum atomic E-state index is 6.26. The highest BCUT2D eigenvalue weighted by Gasteiger charge is 2.41. The fourth-order valence-electron chi connectivity index (χ4n) is 3.87. The van der Waals surface area contributed by atoms with E-state index >= 15 is 0 Å². The molecule has 2 aromatic carbocycles. The summed E-state index contributed by atoms with van der Waals surface area (Å²) in [7, 11) is 2.20. The van der Waals surface area contributed by atoms with Gasteiger partial charge in [0, 0.05) is 39.9 Å². The first-order chi connectivity index (χ1) is 10.6. The lowest BCUT2D eigenvalue weighted by Crippen LogP contribution is -2.43. The molecular weight excluding hydrogens is 315 g/mol. The van der Waals surface area contributed by atoms with Gasteiger partial charge in [0.2, 0.25) is 0 Å². The van der Waals surface area contributed by atoms with Crippen molar-refractivity contribution in [1.82, 2.24) is 4.90 Å². The fraction of sp³-hybridized carbons (Fsp3) is 0.333. The molecule has 0 bridgehead atoms. The smallest absolute Gasteiger partial charge is 0.0451 e. The Morgan fingerprint density at radius 3 is 2.50 bits per heavy atom. The lowest BCUT2D eigenvalue weighted by Gasteiger charge is -2.37. The number of rotatable bonds is 1. The van der Waals surface area contributed by atoms with Gasteiger partial charge in [0.15, 0.2) is 0 Å². The van der Waals surface area contributed by atoms with Crippen molar-refractivity contribution < 1.29 is 0 Å². The number of hydrogen-bond acceptors (Lipinski definition) is 2. The van der Waals surface area contributed by atoms with Gasteiger partial charge in [0.05, 0.1) is 0 Å². The first-order valence-corrected chi connectivity index (χ1v) is 8.42. The van der Waals surface area contributed by atoms with Crippen LogP contribution in [0.15, 0.2) is 42.5 Å². The van der Waals surface area contributed by atoms with E-state index in [1.807, 2.05) is 18.2 Å². The predicted octanol–water partition coefficient (Wildman–Crippen LogP) is 4.93. The van der Waals surface area contributed by atoms with Crippen LogP contribution in [0.4, 0.5) is 11.4 Å². The van der Waals surface area contributed by atoms with Crippen molar-refractivity contribution in [2.45, 2.75) is 18.4 Å².